The van der Waals surface area contributed by atoms with Crippen molar-refractivity contribution in [3.05, 3.63) is 59.6 Å². The number of rotatable bonds is 5. The third-order valence-electron chi connectivity index (χ3n) is 3.31. The first-order valence-electron chi connectivity index (χ1n) is 9.30. The summed E-state index contributed by atoms with van der Waals surface area (Å²) >= 11 is 0. The van der Waals surface area contributed by atoms with E-state index in [4.69, 9.17) is 11.3 Å². The molecule has 1 atom stereocenters. The lowest BCUT2D eigenvalue weighted by Gasteiger charge is -2.22. The fourth-order valence-corrected chi connectivity index (χ4v) is 1.92. The molecule has 0 saturated heterocycles. The number of hydrogen-bond donors (Lipinski definition) is 2. The van der Waals surface area contributed by atoms with E-state index in [2.05, 4.69) is 15.1 Å². The smallest absolute Gasteiger partial charge is 0.407 e. The van der Waals surface area contributed by atoms with Crippen LogP contribution in [0.4, 0.5) is 24.5 Å². The fourth-order valence-electron chi connectivity index (χ4n) is 1.92. The Morgan fingerprint density at radius 1 is 1.20 bits per heavy atom. The van der Waals surface area contributed by atoms with Crippen LogP contribution >= 0.6 is 0 Å². The zero-order valence-electron chi connectivity index (χ0n) is 17.5. The molecule has 0 saturated carbocycles. The Labute approximate surface area is 174 Å². The lowest BCUT2D eigenvalue weighted by atomic mass is 10.1. The highest BCUT2D eigenvalue weighted by atomic mass is 19.4. The van der Waals surface area contributed by atoms with Crippen LogP contribution in [0.5, 0.6) is 5.88 Å². The van der Waals surface area contributed by atoms with Gasteiger partial charge in [-0.2, -0.15) is 13.2 Å². The molecule has 0 unspecified atom stereocenters. The Hall–Kier alpha value is -3.12. The number of nitrogens with zero attached hydrogens (tertiary/aromatic N) is 2. The van der Waals surface area contributed by atoms with Gasteiger partial charge in [-0.15, -0.1) is 0 Å². The van der Waals surface area contributed by atoms with Gasteiger partial charge in [0.1, 0.15) is 6.61 Å². The van der Waals surface area contributed by atoms with Crippen LogP contribution in [0.1, 0.15) is 40.2 Å². The third kappa shape index (κ3) is 8.09. The van der Waals surface area contributed by atoms with Crippen molar-refractivity contribution in [1.29, 1.82) is 0 Å². The summed E-state index contributed by atoms with van der Waals surface area (Å²) in [6.45, 7) is 15.5. The van der Waals surface area contributed by atoms with E-state index >= 15 is 0 Å². The summed E-state index contributed by atoms with van der Waals surface area (Å²) in [7, 11) is 0. The first kappa shape index (κ1) is 26.9. The molecule has 2 rings (SSSR count). The molecule has 6 nitrogen and oxygen atoms in total. The normalized spacial score (nSPS) is 12.0. The van der Waals surface area contributed by atoms with Crippen molar-refractivity contribution in [3.8, 4) is 5.88 Å². The van der Waals surface area contributed by atoms with Crippen LogP contribution < -0.4 is 10.1 Å². The SMILES string of the molecule is CC.CC.[C-]#[N+]c1ccc(NC(=O)[C@@](C)(O)COc2ccccn2)cc1C(F)(F)F. The molecule has 0 bridgehead atoms. The molecule has 0 radical (unpaired) electrons. The minimum absolute atomic E-state index is 0.182. The van der Waals surface area contributed by atoms with Gasteiger partial charge in [0.25, 0.3) is 5.91 Å². The topological polar surface area (TPSA) is 75.8 Å². The lowest BCUT2D eigenvalue weighted by Crippen LogP contribution is -2.45. The van der Waals surface area contributed by atoms with Crippen LogP contribution in [0.3, 0.4) is 0 Å². The van der Waals surface area contributed by atoms with E-state index in [0.29, 0.717) is 6.07 Å². The summed E-state index contributed by atoms with van der Waals surface area (Å²) < 4.78 is 44.1. The Balaban J connectivity index is 0.00000198. The number of halogens is 3. The number of benzene rings is 1. The molecular formula is C21H26F3N3O3. The molecule has 1 aromatic heterocycles. The molecule has 30 heavy (non-hydrogen) atoms. The maximum Gasteiger partial charge on any atom is 0.407 e. The number of carbonyl (C=O) groups excluding carboxylic acids is 1. The number of nitrogens with one attached hydrogen (secondary N) is 1. The van der Waals surface area contributed by atoms with Gasteiger partial charge in [0.2, 0.25) is 5.88 Å². The summed E-state index contributed by atoms with van der Waals surface area (Å²) in [4.78, 5) is 18.8. The second kappa shape index (κ2) is 12.4. The van der Waals surface area contributed by atoms with Crippen molar-refractivity contribution in [3.63, 3.8) is 0 Å². The van der Waals surface area contributed by atoms with Crippen LogP contribution in [-0.4, -0.2) is 28.2 Å². The predicted octanol–water partition coefficient (Wildman–Crippen LogP) is 5.47. The predicted molar refractivity (Wildman–Crippen MR) is 109 cm³/mol. The molecule has 0 aliphatic rings. The minimum Gasteiger partial charge on any atom is -0.474 e. The first-order chi connectivity index (χ1) is 14.1. The largest absolute Gasteiger partial charge is 0.474 e. The molecule has 164 valence electrons. The molecule has 0 aliphatic heterocycles. The first-order valence-corrected chi connectivity index (χ1v) is 9.30. The summed E-state index contributed by atoms with van der Waals surface area (Å²) in [6.07, 6.45) is -3.28. The molecule has 1 amide bonds. The van der Waals surface area contributed by atoms with Crippen LogP contribution in [-0.2, 0) is 11.0 Å². The van der Waals surface area contributed by atoms with Crippen molar-refractivity contribution >= 4 is 17.3 Å². The number of hydrogen-bond acceptors (Lipinski definition) is 4. The number of aromatic nitrogens is 1. The molecular weight excluding hydrogens is 399 g/mol. The maximum atomic E-state index is 13.0. The molecule has 2 aromatic rings. The van der Waals surface area contributed by atoms with Crippen LogP contribution in [0, 0.1) is 6.57 Å². The highest BCUT2D eigenvalue weighted by Crippen LogP contribution is 2.38. The fraction of sp³-hybridized carbons (Fsp3) is 0.381. The van der Waals surface area contributed by atoms with Gasteiger partial charge >= 0.3 is 6.18 Å². The van der Waals surface area contributed by atoms with Crippen molar-refractivity contribution in [2.45, 2.75) is 46.4 Å². The van der Waals surface area contributed by atoms with Gasteiger partial charge in [-0.25, -0.2) is 9.83 Å². The Bertz CT molecular complexity index is 833. The number of amides is 1. The van der Waals surface area contributed by atoms with Gasteiger partial charge in [-0.1, -0.05) is 39.8 Å². The standard InChI is InChI=1S/C17H14F3N3O3.2C2H6/c1-16(25,10-26-14-5-3-4-8-22-14)15(24)23-11-6-7-13(21-2)12(9-11)17(18,19)20;2*1-2/h3-9,25H,10H2,1H3,(H,23,24);2*1-2H3/t16-;;/m0../s1. The van der Waals surface area contributed by atoms with Crippen LogP contribution in [0.25, 0.3) is 4.85 Å². The van der Waals surface area contributed by atoms with Gasteiger partial charge in [-0.3, -0.25) is 4.79 Å². The van der Waals surface area contributed by atoms with Crippen molar-refractivity contribution in [2.75, 3.05) is 11.9 Å². The molecule has 1 aromatic carbocycles. The lowest BCUT2D eigenvalue weighted by molar-refractivity contribution is -0.137. The number of pyridine rings is 1. The maximum absolute atomic E-state index is 13.0. The summed E-state index contributed by atoms with van der Waals surface area (Å²) in [5, 5.41) is 12.4. The van der Waals surface area contributed by atoms with E-state index in [1.54, 1.807) is 12.1 Å². The minimum atomic E-state index is -4.74. The van der Waals surface area contributed by atoms with E-state index in [1.807, 2.05) is 27.7 Å². The van der Waals surface area contributed by atoms with E-state index in [1.165, 1.54) is 12.3 Å². The second-order valence-electron chi connectivity index (χ2n) is 5.53. The van der Waals surface area contributed by atoms with Gasteiger partial charge in [0.15, 0.2) is 11.3 Å². The number of ether oxygens (including phenoxy) is 1. The van der Waals surface area contributed by atoms with Crippen molar-refractivity contribution in [2.24, 2.45) is 0 Å². The zero-order chi connectivity index (χ0) is 23.4. The second-order valence-corrected chi connectivity index (χ2v) is 5.53. The van der Waals surface area contributed by atoms with E-state index in [9.17, 15) is 23.1 Å². The summed E-state index contributed by atoms with van der Waals surface area (Å²) in [6, 6.07) is 7.56. The Morgan fingerprint density at radius 2 is 1.83 bits per heavy atom. The number of aliphatic hydroxyl groups is 1. The van der Waals surface area contributed by atoms with E-state index in [0.717, 1.165) is 19.1 Å². The van der Waals surface area contributed by atoms with Gasteiger partial charge in [0.05, 0.1) is 12.1 Å². The average Bonchev–Trinajstić information content (AvgIpc) is 2.75. The van der Waals surface area contributed by atoms with Gasteiger partial charge in [0, 0.05) is 18.0 Å². The molecule has 0 fully saturated rings. The molecule has 1 heterocycles. The summed E-state index contributed by atoms with van der Waals surface area (Å²) in [5.74, 6) is -0.779. The molecule has 0 spiro atoms. The quantitative estimate of drug-likeness (QED) is 0.623. The third-order valence-corrected chi connectivity index (χ3v) is 3.31. The molecule has 0 aliphatic carbocycles. The van der Waals surface area contributed by atoms with Crippen LogP contribution in [0.2, 0.25) is 0 Å². The highest BCUT2D eigenvalue weighted by molar-refractivity contribution is 5.97. The molecule has 9 heteroatoms. The number of carbonyl (C=O) groups is 1. The zero-order valence-corrected chi connectivity index (χ0v) is 17.5. The summed E-state index contributed by atoms with van der Waals surface area (Å²) in [5.41, 5.74) is -3.97. The van der Waals surface area contributed by atoms with E-state index < -0.39 is 35.5 Å². The van der Waals surface area contributed by atoms with Crippen LogP contribution in [0.15, 0.2) is 42.6 Å². The van der Waals surface area contributed by atoms with Crippen molar-refractivity contribution in [1.82, 2.24) is 4.98 Å². The van der Waals surface area contributed by atoms with Gasteiger partial charge < -0.3 is 15.2 Å². The number of anilines is 1. The molecule has 2 N–H and O–H groups in total. The van der Waals surface area contributed by atoms with Crippen molar-refractivity contribution < 1.29 is 27.8 Å². The number of alkyl halides is 3. The average molecular weight is 425 g/mol. The van der Waals surface area contributed by atoms with E-state index in [-0.39, 0.29) is 11.6 Å². The Kier molecular flexibility index (Phi) is 11.1. The monoisotopic (exact) mass is 425 g/mol. The highest BCUT2D eigenvalue weighted by Gasteiger charge is 2.35. The Morgan fingerprint density at radius 3 is 2.33 bits per heavy atom. The van der Waals surface area contributed by atoms with Gasteiger partial charge in [-0.05, 0) is 25.1 Å².